The largest absolute Gasteiger partial charge is 0.378 e. The Hall–Kier alpha value is -2.18. The number of amides is 1. The molecule has 1 aliphatic rings. The van der Waals surface area contributed by atoms with Crippen molar-refractivity contribution >= 4 is 5.91 Å². The van der Waals surface area contributed by atoms with Crippen LogP contribution in [-0.2, 0) is 16.0 Å². The van der Waals surface area contributed by atoms with Crippen LogP contribution in [0.1, 0.15) is 12.0 Å². The molecule has 1 fully saturated rings. The minimum Gasteiger partial charge on any atom is -0.378 e. The first-order valence-electron chi connectivity index (χ1n) is 7.98. The number of benzene rings is 1. The van der Waals surface area contributed by atoms with Crippen LogP contribution >= 0.6 is 0 Å². The normalized spacial score (nSPS) is 17.8. The van der Waals surface area contributed by atoms with Gasteiger partial charge < -0.3 is 15.4 Å². The number of para-hydroxylation sites is 1. The van der Waals surface area contributed by atoms with Crippen molar-refractivity contribution in [2.45, 2.75) is 18.9 Å². The second-order valence-electron chi connectivity index (χ2n) is 5.66. The zero-order chi connectivity index (χ0) is 15.9. The molecule has 0 saturated carbocycles. The molecule has 1 atom stereocenters. The third kappa shape index (κ3) is 4.64. The van der Waals surface area contributed by atoms with E-state index in [1.54, 1.807) is 0 Å². The molecule has 1 aliphatic heterocycles. The molecule has 122 valence electrons. The summed E-state index contributed by atoms with van der Waals surface area (Å²) in [7, 11) is 0. The Morgan fingerprint density at radius 2 is 2.26 bits per heavy atom. The highest BCUT2D eigenvalue weighted by molar-refractivity contribution is 5.76. The smallest absolute Gasteiger partial charge is 0.221 e. The van der Waals surface area contributed by atoms with Crippen LogP contribution in [0.15, 0.2) is 42.7 Å². The van der Waals surface area contributed by atoms with Gasteiger partial charge in [0, 0.05) is 31.7 Å². The highest BCUT2D eigenvalue weighted by atomic mass is 16.5. The van der Waals surface area contributed by atoms with Crippen molar-refractivity contribution in [1.82, 2.24) is 20.4 Å². The fourth-order valence-corrected chi connectivity index (χ4v) is 2.60. The molecule has 3 rings (SSSR count). The van der Waals surface area contributed by atoms with Crippen molar-refractivity contribution in [3.63, 3.8) is 0 Å². The van der Waals surface area contributed by atoms with Crippen molar-refractivity contribution in [3.05, 3.63) is 48.3 Å². The highest BCUT2D eigenvalue weighted by Crippen LogP contribution is 2.07. The van der Waals surface area contributed by atoms with Gasteiger partial charge in [0.05, 0.1) is 25.1 Å². The van der Waals surface area contributed by atoms with Gasteiger partial charge in [-0.1, -0.05) is 18.2 Å². The lowest BCUT2D eigenvalue weighted by Crippen LogP contribution is -2.44. The standard InChI is InChI=1S/C17H22N4O2/c22-17(10-15-13-23-9-8-18-15)19-7-6-14-11-20-21(12-14)16-4-2-1-3-5-16/h1-5,11-12,15,18H,6-10,13H2,(H,19,22)/t15-/m1/s1. The predicted octanol–water partition coefficient (Wildman–Crippen LogP) is 0.910. The third-order valence-electron chi connectivity index (χ3n) is 3.82. The van der Waals surface area contributed by atoms with E-state index in [9.17, 15) is 4.79 Å². The Morgan fingerprint density at radius 1 is 1.39 bits per heavy atom. The summed E-state index contributed by atoms with van der Waals surface area (Å²) in [5.74, 6) is 0.0588. The van der Waals surface area contributed by atoms with E-state index >= 15 is 0 Å². The van der Waals surface area contributed by atoms with Gasteiger partial charge in [0.1, 0.15) is 0 Å². The average molecular weight is 314 g/mol. The van der Waals surface area contributed by atoms with Crippen LogP contribution in [0.2, 0.25) is 0 Å². The molecule has 0 unspecified atom stereocenters. The first-order chi connectivity index (χ1) is 11.3. The Bertz CT molecular complexity index is 621. The molecule has 1 aromatic carbocycles. The van der Waals surface area contributed by atoms with E-state index in [0.717, 1.165) is 30.8 Å². The first kappa shape index (κ1) is 15.7. The van der Waals surface area contributed by atoms with E-state index in [0.29, 0.717) is 19.6 Å². The number of hydrogen-bond donors (Lipinski definition) is 2. The number of nitrogens with one attached hydrogen (secondary N) is 2. The lowest BCUT2D eigenvalue weighted by atomic mass is 10.2. The van der Waals surface area contributed by atoms with Crippen LogP contribution in [0.4, 0.5) is 0 Å². The van der Waals surface area contributed by atoms with Gasteiger partial charge in [-0.05, 0) is 24.1 Å². The minimum absolute atomic E-state index is 0.0588. The van der Waals surface area contributed by atoms with Gasteiger partial charge in [0.15, 0.2) is 0 Å². The van der Waals surface area contributed by atoms with E-state index in [-0.39, 0.29) is 11.9 Å². The van der Waals surface area contributed by atoms with Crippen LogP contribution in [-0.4, -0.2) is 48.0 Å². The van der Waals surface area contributed by atoms with Crippen molar-refractivity contribution in [2.75, 3.05) is 26.3 Å². The lowest BCUT2D eigenvalue weighted by Gasteiger charge is -2.23. The minimum atomic E-state index is 0.0588. The Kier molecular flexibility index (Phi) is 5.39. The summed E-state index contributed by atoms with van der Waals surface area (Å²) in [4.78, 5) is 11.9. The molecule has 1 amide bonds. The molecule has 6 heteroatoms. The summed E-state index contributed by atoms with van der Waals surface area (Å²) in [5, 5.41) is 10.6. The second-order valence-corrected chi connectivity index (χ2v) is 5.66. The molecule has 0 aliphatic carbocycles. The van der Waals surface area contributed by atoms with Crippen LogP contribution in [0, 0.1) is 0 Å². The maximum absolute atomic E-state index is 11.9. The van der Waals surface area contributed by atoms with Crippen molar-refractivity contribution in [3.8, 4) is 5.69 Å². The zero-order valence-electron chi connectivity index (χ0n) is 13.1. The number of carbonyl (C=O) groups is 1. The van der Waals surface area contributed by atoms with Crippen LogP contribution in [0.25, 0.3) is 5.69 Å². The van der Waals surface area contributed by atoms with E-state index in [2.05, 4.69) is 15.7 Å². The van der Waals surface area contributed by atoms with E-state index < -0.39 is 0 Å². The molecule has 2 aromatic rings. The summed E-state index contributed by atoms with van der Waals surface area (Å²) in [6, 6.07) is 10.1. The van der Waals surface area contributed by atoms with E-state index in [4.69, 9.17) is 4.74 Å². The molecule has 2 heterocycles. The van der Waals surface area contributed by atoms with Crippen LogP contribution < -0.4 is 10.6 Å². The van der Waals surface area contributed by atoms with Gasteiger partial charge in [-0.15, -0.1) is 0 Å². The van der Waals surface area contributed by atoms with Gasteiger partial charge in [-0.25, -0.2) is 4.68 Å². The molecule has 23 heavy (non-hydrogen) atoms. The Morgan fingerprint density at radius 3 is 3.04 bits per heavy atom. The number of ether oxygens (including phenoxy) is 1. The summed E-state index contributed by atoms with van der Waals surface area (Å²) in [6.45, 7) is 2.77. The molecule has 1 saturated heterocycles. The number of nitrogens with zero attached hydrogens (tertiary/aromatic N) is 2. The fourth-order valence-electron chi connectivity index (χ4n) is 2.60. The zero-order valence-corrected chi connectivity index (χ0v) is 13.1. The van der Waals surface area contributed by atoms with Crippen molar-refractivity contribution < 1.29 is 9.53 Å². The highest BCUT2D eigenvalue weighted by Gasteiger charge is 2.16. The molecule has 0 bridgehead atoms. The number of carbonyl (C=O) groups excluding carboxylic acids is 1. The summed E-state index contributed by atoms with van der Waals surface area (Å²) in [6.07, 6.45) is 5.07. The molecule has 2 N–H and O–H groups in total. The topological polar surface area (TPSA) is 68.2 Å². The Labute approximate surface area is 135 Å². The maximum atomic E-state index is 11.9. The summed E-state index contributed by atoms with van der Waals surface area (Å²) < 4.78 is 7.20. The second kappa shape index (κ2) is 7.89. The van der Waals surface area contributed by atoms with Crippen LogP contribution in [0.3, 0.4) is 0 Å². The van der Waals surface area contributed by atoms with Crippen LogP contribution in [0.5, 0.6) is 0 Å². The first-order valence-corrected chi connectivity index (χ1v) is 7.98. The fraction of sp³-hybridized carbons (Fsp3) is 0.412. The lowest BCUT2D eigenvalue weighted by molar-refractivity contribution is -0.122. The monoisotopic (exact) mass is 314 g/mol. The van der Waals surface area contributed by atoms with Gasteiger partial charge in [0.25, 0.3) is 0 Å². The molecule has 6 nitrogen and oxygen atoms in total. The molecule has 0 spiro atoms. The number of rotatable bonds is 6. The number of hydrogen-bond acceptors (Lipinski definition) is 4. The van der Waals surface area contributed by atoms with Crippen molar-refractivity contribution in [1.29, 1.82) is 0 Å². The summed E-state index contributed by atoms with van der Waals surface area (Å²) in [5.41, 5.74) is 2.14. The van der Waals surface area contributed by atoms with Gasteiger partial charge in [-0.2, -0.15) is 5.10 Å². The summed E-state index contributed by atoms with van der Waals surface area (Å²) >= 11 is 0. The number of aromatic nitrogens is 2. The third-order valence-corrected chi connectivity index (χ3v) is 3.82. The van der Waals surface area contributed by atoms with Gasteiger partial charge in [0.2, 0.25) is 5.91 Å². The SMILES string of the molecule is O=C(C[C@@H]1COCCN1)NCCc1cnn(-c2ccccc2)c1. The van der Waals surface area contributed by atoms with Gasteiger partial charge >= 0.3 is 0 Å². The quantitative estimate of drug-likeness (QED) is 0.832. The molecule has 0 radical (unpaired) electrons. The maximum Gasteiger partial charge on any atom is 0.221 e. The van der Waals surface area contributed by atoms with Crippen molar-refractivity contribution in [2.24, 2.45) is 0 Å². The molecular formula is C17H22N4O2. The van der Waals surface area contributed by atoms with Gasteiger partial charge in [-0.3, -0.25) is 4.79 Å². The van der Waals surface area contributed by atoms with E-state index in [1.807, 2.05) is 47.4 Å². The molecule has 1 aromatic heterocycles. The Balaban J connectivity index is 1.42. The predicted molar refractivity (Wildman–Crippen MR) is 87.5 cm³/mol. The molecular weight excluding hydrogens is 292 g/mol. The van der Waals surface area contributed by atoms with E-state index in [1.165, 1.54) is 0 Å². The average Bonchev–Trinajstić information content (AvgIpc) is 3.05. The number of morpholine rings is 1.